The van der Waals surface area contributed by atoms with E-state index in [1.807, 2.05) is 87.3 Å². The summed E-state index contributed by atoms with van der Waals surface area (Å²) in [5.74, 6) is 1.76. The molecule has 4 aromatic heterocycles. The second-order valence-electron chi connectivity index (χ2n) is 4.51. The standard InChI is InChI=1S/C15H12N6/c1-2-8-19(7-1)13-16-14(20-9-3-4-10-20)18-15(17-13)21-11-5-6-12-21/h1-12H. The number of rotatable bonds is 3. The highest BCUT2D eigenvalue weighted by molar-refractivity contribution is 5.28. The zero-order chi connectivity index (χ0) is 14.1. The predicted molar refractivity (Wildman–Crippen MR) is 77.8 cm³/mol. The summed E-state index contributed by atoms with van der Waals surface area (Å²) in [5, 5.41) is 0. The fourth-order valence-corrected chi connectivity index (χ4v) is 2.09. The first-order chi connectivity index (χ1) is 10.4. The molecule has 0 aliphatic heterocycles. The monoisotopic (exact) mass is 276 g/mol. The molecule has 0 saturated heterocycles. The van der Waals surface area contributed by atoms with Gasteiger partial charge in [0.1, 0.15) is 0 Å². The van der Waals surface area contributed by atoms with Gasteiger partial charge in [-0.2, -0.15) is 15.0 Å². The summed E-state index contributed by atoms with van der Waals surface area (Å²) >= 11 is 0. The summed E-state index contributed by atoms with van der Waals surface area (Å²) < 4.78 is 5.59. The Morgan fingerprint density at radius 2 is 0.667 bits per heavy atom. The lowest BCUT2D eigenvalue weighted by molar-refractivity contribution is 0.803. The van der Waals surface area contributed by atoms with Crippen LogP contribution in [-0.2, 0) is 0 Å². The van der Waals surface area contributed by atoms with Crippen LogP contribution in [0.2, 0.25) is 0 Å². The molecule has 0 saturated carbocycles. The Kier molecular flexibility index (Phi) is 2.64. The second kappa shape index (κ2) is 4.75. The van der Waals surface area contributed by atoms with E-state index in [9.17, 15) is 0 Å². The maximum absolute atomic E-state index is 4.52. The molecular weight excluding hydrogens is 264 g/mol. The van der Waals surface area contributed by atoms with Crippen molar-refractivity contribution in [2.45, 2.75) is 0 Å². The lowest BCUT2D eigenvalue weighted by Gasteiger charge is -2.08. The maximum Gasteiger partial charge on any atom is 0.240 e. The van der Waals surface area contributed by atoms with Gasteiger partial charge < -0.3 is 0 Å². The third-order valence-electron chi connectivity index (χ3n) is 3.11. The van der Waals surface area contributed by atoms with Crippen LogP contribution in [0.5, 0.6) is 0 Å². The fraction of sp³-hybridized carbons (Fsp3) is 0. The maximum atomic E-state index is 4.52. The van der Waals surface area contributed by atoms with Crippen LogP contribution in [0.1, 0.15) is 0 Å². The van der Waals surface area contributed by atoms with E-state index in [1.165, 1.54) is 0 Å². The van der Waals surface area contributed by atoms with Crippen LogP contribution >= 0.6 is 0 Å². The summed E-state index contributed by atoms with van der Waals surface area (Å²) in [6, 6.07) is 11.6. The van der Waals surface area contributed by atoms with Gasteiger partial charge in [-0.25, -0.2) is 0 Å². The Hall–Kier alpha value is -3.15. The van der Waals surface area contributed by atoms with E-state index < -0.39 is 0 Å². The fourth-order valence-electron chi connectivity index (χ4n) is 2.09. The lowest BCUT2D eigenvalue weighted by Crippen LogP contribution is -2.11. The molecular formula is C15H12N6. The van der Waals surface area contributed by atoms with E-state index in [0.29, 0.717) is 17.8 Å². The molecule has 0 atom stereocenters. The minimum absolute atomic E-state index is 0.586. The summed E-state index contributed by atoms with van der Waals surface area (Å²) in [6.45, 7) is 0. The van der Waals surface area contributed by atoms with Crippen molar-refractivity contribution in [3.05, 3.63) is 73.6 Å². The molecule has 0 N–H and O–H groups in total. The van der Waals surface area contributed by atoms with E-state index in [0.717, 1.165) is 0 Å². The van der Waals surface area contributed by atoms with Crippen molar-refractivity contribution in [1.82, 2.24) is 28.7 Å². The zero-order valence-corrected chi connectivity index (χ0v) is 11.1. The van der Waals surface area contributed by atoms with Gasteiger partial charge in [0.2, 0.25) is 17.8 Å². The molecule has 21 heavy (non-hydrogen) atoms. The number of nitrogens with zero attached hydrogens (tertiary/aromatic N) is 6. The molecule has 0 aliphatic rings. The third kappa shape index (κ3) is 2.12. The minimum Gasteiger partial charge on any atom is -0.293 e. The SMILES string of the molecule is c1ccn(-c2nc(-n3cccc3)nc(-n3cccc3)n2)c1. The quantitative estimate of drug-likeness (QED) is 0.576. The number of hydrogen-bond donors (Lipinski definition) is 0. The van der Waals surface area contributed by atoms with Crippen molar-refractivity contribution < 1.29 is 0 Å². The van der Waals surface area contributed by atoms with Gasteiger partial charge in [-0.05, 0) is 36.4 Å². The molecule has 102 valence electrons. The van der Waals surface area contributed by atoms with Gasteiger partial charge in [0, 0.05) is 37.2 Å². The van der Waals surface area contributed by atoms with Crippen LogP contribution in [0.15, 0.2) is 73.6 Å². The molecule has 0 aromatic carbocycles. The molecule has 0 aliphatic carbocycles. The molecule has 0 spiro atoms. The zero-order valence-electron chi connectivity index (χ0n) is 11.1. The highest BCUT2D eigenvalue weighted by Gasteiger charge is 2.09. The first-order valence-electron chi connectivity index (χ1n) is 6.56. The molecule has 0 unspecified atom stereocenters. The molecule has 6 heteroatoms. The van der Waals surface area contributed by atoms with Crippen LogP contribution in [-0.4, -0.2) is 28.7 Å². The average Bonchev–Trinajstić information content (AvgIpc) is 3.29. The number of aromatic nitrogens is 6. The summed E-state index contributed by atoms with van der Waals surface area (Å²) in [6.07, 6.45) is 11.5. The second-order valence-corrected chi connectivity index (χ2v) is 4.51. The van der Waals surface area contributed by atoms with Crippen molar-refractivity contribution >= 4 is 0 Å². The summed E-state index contributed by atoms with van der Waals surface area (Å²) in [4.78, 5) is 13.6. The van der Waals surface area contributed by atoms with Crippen molar-refractivity contribution in [1.29, 1.82) is 0 Å². The van der Waals surface area contributed by atoms with Crippen molar-refractivity contribution in [3.63, 3.8) is 0 Å². The van der Waals surface area contributed by atoms with Crippen LogP contribution in [0.25, 0.3) is 17.8 Å². The van der Waals surface area contributed by atoms with Crippen LogP contribution in [0, 0.1) is 0 Å². The summed E-state index contributed by atoms with van der Waals surface area (Å²) in [7, 11) is 0. The molecule has 6 nitrogen and oxygen atoms in total. The normalized spacial score (nSPS) is 10.9. The van der Waals surface area contributed by atoms with Gasteiger partial charge in [-0.15, -0.1) is 0 Å². The molecule has 0 radical (unpaired) electrons. The van der Waals surface area contributed by atoms with E-state index in [4.69, 9.17) is 0 Å². The Morgan fingerprint density at radius 1 is 0.429 bits per heavy atom. The van der Waals surface area contributed by atoms with E-state index >= 15 is 0 Å². The average molecular weight is 276 g/mol. The van der Waals surface area contributed by atoms with Gasteiger partial charge in [0.05, 0.1) is 0 Å². The highest BCUT2D eigenvalue weighted by atomic mass is 15.3. The van der Waals surface area contributed by atoms with Gasteiger partial charge in [-0.1, -0.05) is 0 Å². The topological polar surface area (TPSA) is 53.5 Å². The first kappa shape index (κ1) is 11.7. The Bertz CT molecular complexity index is 701. The predicted octanol–water partition coefficient (Wildman–Crippen LogP) is 2.24. The van der Waals surface area contributed by atoms with Gasteiger partial charge >= 0.3 is 0 Å². The lowest BCUT2D eigenvalue weighted by atomic mass is 10.7. The largest absolute Gasteiger partial charge is 0.293 e. The van der Waals surface area contributed by atoms with Crippen LogP contribution < -0.4 is 0 Å². The van der Waals surface area contributed by atoms with Crippen molar-refractivity contribution in [2.75, 3.05) is 0 Å². The Morgan fingerprint density at radius 3 is 0.905 bits per heavy atom. The molecule has 4 aromatic rings. The van der Waals surface area contributed by atoms with E-state index in [2.05, 4.69) is 15.0 Å². The van der Waals surface area contributed by atoms with E-state index in [-0.39, 0.29) is 0 Å². The van der Waals surface area contributed by atoms with Gasteiger partial charge in [-0.3, -0.25) is 13.7 Å². The number of hydrogen-bond acceptors (Lipinski definition) is 3. The molecule has 0 bridgehead atoms. The third-order valence-corrected chi connectivity index (χ3v) is 3.11. The molecule has 4 heterocycles. The van der Waals surface area contributed by atoms with Crippen molar-refractivity contribution in [2.24, 2.45) is 0 Å². The van der Waals surface area contributed by atoms with Gasteiger partial charge in [0.15, 0.2) is 0 Å². The van der Waals surface area contributed by atoms with E-state index in [1.54, 1.807) is 0 Å². The van der Waals surface area contributed by atoms with Gasteiger partial charge in [0.25, 0.3) is 0 Å². The summed E-state index contributed by atoms with van der Waals surface area (Å²) in [5.41, 5.74) is 0. The van der Waals surface area contributed by atoms with Crippen molar-refractivity contribution in [3.8, 4) is 17.8 Å². The van der Waals surface area contributed by atoms with Crippen LogP contribution in [0.3, 0.4) is 0 Å². The smallest absolute Gasteiger partial charge is 0.240 e. The first-order valence-corrected chi connectivity index (χ1v) is 6.56. The Balaban J connectivity index is 1.92. The van der Waals surface area contributed by atoms with Crippen LogP contribution in [0.4, 0.5) is 0 Å². The molecule has 0 amide bonds. The molecule has 4 rings (SSSR count). The molecule has 0 fully saturated rings. The highest BCUT2D eigenvalue weighted by Crippen LogP contribution is 2.10. The minimum atomic E-state index is 0.586. The Labute approximate surface area is 121 Å².